The van der Waals surface area contributed by atoms with E-state index in [1.54, 1.807) is 7.11 Å². The van der Waals surface area contributed by atoms with Crippen molar-refractivity contribution in [2.24, 2.45) is 5.92 Å². The van der Waals surface area contributed by atoms with Crippen molar-refractivity contribution in [1.29, 1.82) is 0 Å². The summed E-state index contributed by atoms with van der Waals surface area (Å²) in [4.78, 5) is 2.69. The van der Waals surface area contributed by atoms with E-state index in [0.29, 0.717) is 17.2 Å². The Bertz CT molecular complexity index is 850. The summed E-state index contributed by atoms with van der Waals surface area (Å²) in [6.07, 6.45) is 7.39. The van der Waals surface area contributed by atoms with Gasteiger partial charge in [-0.2, -0.15) is 0 Å². The fourth-order valence-corrected chi connectivity index (χ4v) is 5.39. The summed E-state index contributed by atoms with van der Waals surface area (Å²) in [5.74, 6) is 1.61. The summed E-state index contributed by atoms with van der Waals surface area (Å²) in [6.45, 7) is 2.36. The molecule has 4 nitrogen and oxygen atoms in total. The molecule has 166 valence electrons. The predicted octanol–water partition coefficient (Wildman–Crippen LogP) is 5.51. The molecule has 1 heterocycles. The van der Waals surface area contributed by atoms with E-state index in [1.165, 1.54) is 50.8 Å². The van der Waals surface area contributed by atoms with Crippen molar-refractivity contribution < 1.29 is 4.74 Å². The van der Waals surface area contributed by atoms with Gasteiger partial charge in [0.1, 0.15) is 5.75 Å². The van der Waals surface area contributed by atoms with Crippen molar-refractivity contribution in [3.05, 3.63) is 59.1 Å². The number of ether oxygens (including phenoxy) is 1. The topological polar surface area (TPSA) is 36.5 Å². The number of rotatable bonds is 6. The first-order valence-corrected chi connectivity index (χ1v) is 12.1. The molecule has 0 amide bonds. The molecule has 2 aliphatic rings. The van der Waals surface area contributed by atoms with Gasteiger partial charge >= 0.3 is 0 Å². The van der Waals surface area contributed by atoms with E-state index >= 15 is 0 Å². The second-order valence-corrected chi connectivity index (χ2v) is 9.59. The van der Waals surface area contributed by atoms with Crippen LogP contribution in [-0.2, 0) is 6.42 Å². The number of likely N-dealkylation sites (tertiary alicyclic amines) is 1. The zero-order valence-electron chi connectivity index (χ0n) is 18.1. The maximum atomic E-state index is 6.02. The largest absolute Gasteiger partial charge is 0.497 e. The van der Waals surface area contributed by atoms with Crippen LogP contribution in [0.15, 0.2) is 48.5 Å². The van der Waals surface area contributed by atoms with Crippen LogP contribution in [0.1, 0.15) is 37.7 Å². The third-order valence-electron chi connectivity index (χ3n) is 6.70. The molecule has 2 aromatic rings. The van der Waals surface area contributed by atoms with Crippen LogP contribution in [0.2, 0.25) is 5.02 Å². The number of benzene rings is 2. The molecule has 6 heteroatoms. The van der Waals surface area contributed by atoms with E-state index in [2.05, 4.69) is 27.7 Å². The minimum Gasteiger partial charge on any atom is -0.497 e. The number of thiocarbonyl (C=S) groups is 1. The summed E-state index contributed by atoms with van der Waals surface area (Å²) in [5.41, 5.74) is 2.38. The molecule has 1 saturated heterocycles. The van der Waals surface area contributed by atoms with E-state index in [-0.39, 0.29) is 0 Å². The number of methoxy groups -OCH3 is 1. The van der Waals surface area contributed by atoms with E-state index in [9.17, 15) is 0 Å². The van der Waals surface area contributed by atoms with Crippen LogP contribution in [0.4, 0.5) is 5.69 Å². The van der Waals surface area contributed by atoms with Crippen molar-refractivity contribution in [1.82, 2.24) is 10.2 Å². The Balaban J connectivity index is 1.25. The molecule has 0 bridgehead atoms. The van der Waals surface area contributed by atoms with Crippen molar-refractivity contribution >= 4 is 34.6 Å². The number of hydrogen-bond acceptors (Lipinski definition) is 3. The molecule has 2 fully saturated rings. The van der Waals surface area contributed by atoms with Crippen LogP contribution in [0.5, 0.6) is 5.75 Å². The summed E-state index contributed by atoms with van der Waals surface area (Å²) < 4.78 is 5.22. The van der Waals surface area contributed by atoms with Crippen LogP contribution < -0.4 is 15.4 Å². The highest BCUT2D eigenvalue weighted by atomic mass is 35.5. The molecule has 1 aliphatic heterocycles. The summed E-state index contributed by atoms with van der Waals surface area (Å²) in [5, 5.41) is 8.44. The van der Waals surface area contributed by atoms with E-state index in [0.717, 1.165) is 28.8 Å². The van der Waals surface area contributed by atoms with Gasteiger partial charge in [-0.3, -0.25) is 4.90 Å². The Morgan fingerprint density at radius 2 is 1.74 bits per heavy atom. The van der Waals surface area contributed by atoms with Gasteiger partial charge in [-0.25, -0.2) is 0 Å². The first kappa shape index (κ1) is 22.4. The summed E-state index contributed by atoms with van der Waals surface area (Å²) in [6, 6.07) is 17.2. The smallest absolute Gasteiger partial charge is 0.171 e. The van der Waals surface area contributed by atoms with Gasteiger partial charge in [0.25, 0.3) is 0 Å². The average Bonchev–Trinajstić information content (AvgIpc) is 3.24. The summed E-state index contributed by atoms with van der Waals surface area (Å²) >= 11 is 11.6. The molecule has 0 unspecified atom stereocenters. The minimum atomic E-state index is 0.422. The zero-order valence-corrected chi connectivity index (χ0v) is 19.7. The standard InChI is InChI=1S/C25H32ClN3OS/c1-30-22-11-9-21(10-12-22)27-25(31)28-23-3-2-4-24(23)29-15-13-19(14-16-29)17-18-5-7-20(26)8-6-18/h5-12,19,23-24H,2-4,13-17H2,1H3,(H2,27,28,31)/t23-,24-/m1/s1. The molecule has 4 rings (SSSR count). The van der Waals surface area contributed by atoms with E-state index in [1.807, 2.05) is 36.4 Å². The van der Waals surface area contributed by atoms with Crippen LogP contribution in [0.3, 0.4) is 0 Å². The fourth-order valence-electron chi connectivity index (χ4n) is 5.00. The molecule has 1 aliphatic carbocycles. The molecular formula is C25H32ClN3OS. The molecule has 0 radical (unpaired) electrons. The number of anilines is 1. The van der Waals surface area contributed by atoms with Gasteiger partial charge in [-0.15, -0.1) is 0 Å². The van der Waals surface area contributed by atoms with Gasteiger partial charge in [0.2, 0.25) is 0 Å². The second-order valence-electron chi connectivity index (χ2n) is 8.74. The van der Waals surface area contributed by atoms with Crippen molar-refractivity contribution in [2.75, 3.05) is 25.5 Å². The van der Waals surface area contributed by atoms with Crippen LogP contribution in [0, 0.1) is 5.92 Å². The Kier molecular flexibility index (Phi) is 7.70. The van der Waals surface area contributed by atoms with Crippen LogP contribution in [-0.4, -0.2) is 42.3 Å². The maximum Gasteiger partial charge on any atom is 0.171 e. The highest BCUT2D eigenvalue weighted by molar-refractivity contribution is 7.80. The van der Waals surface area contributed by atoms with Crippen molar-refractivity contribution in [3.63, 3.8) is 0 Å². The molecule has 0 spiro atoms. The highest BCUT2D eigenvalue weighted by Crippen LogP contribution is 2.30. The minimum absolute atomic E-state index is 0.422. The SMILES string of the molecule is COc1ccc(NC(=S)N[C@@H]2CCC[C@H]2N2CCC(Cc3ccc(Cl)cc3)CC2)cc1. The first-order chi connectivity index (χ1) is 15.1. The Morgan fingerprint density at radius 1 is 1.03 bits per heavy atom. The summed E-state index contributed by atoms with van der Waals surface area (Å²) in [7, 11) is 1.68. The average molecular weight is 458 g/mol. The quantitative estimate of drug-likeness (QED) is 0.559. The second kappa shape index (κ2) is 10.7. The molecule has 1 saturated carbocycles. The van der Waals surface area contributed by atoms with Gasteiger partial charge in [0.15, 0.2) is 5.11 Å². The number of nitrogens with zero attached hydrogens (tertiary/aromatic N) is 1. The van der Waals surface area contributed by atoms with Gasteiger partial charge in [0, 0.05) is 22.8 Å². The van der Waals surface area contributed by atoms with E-state index < -0.39 is 0 Å². The van der Waals surface area contributed by atoms with Gasteiger partial charge in [-0.1, -0.05) is 23.7 Å². The maximum absolute atomic E-state index is 6.02. The van der Waals surface area contributed by atoms with Crippen molar-refractivity contribution in [3.8, 4) is 5.75 Å². The van der Waals surface area contributed by atoms with Crippen LogP contribution in [0.25, 0.3) is 0 Å². The Labute approximate surface area is 196 Å². The third kappa shape index (κ3) is 6.12. The number of piperidine rings is 1. The highest BCUT2D eigenvalue weighted by Gasteiger charge is 2.34. The third-order valence-corrected chi connectivity index (χ3v) is 7.17. The molecule has 2 atom stereocenters. The Hall–Kier alpha value is -1.82. The lowest BCUT2D eigenvalue weighted by molar-refractivity contribution is 0.122. The lowest BCUT2D eigenvalue weighted by Crippen LogP contribution is -2.51. The number of nitrogens with one attached hydrogen (secondary N) is 2. The van der Waals surface area contributed by atoms with Gasteiger partial charge in [0.05, 0.1) is 7.11 Å². The lowest BCUT2D eigenvalue weighted by Gasteiger charge is -2.39. The monoisotopic (exact) mass is 457 g/mol. The molecule has 0 aromatic heterocycles. The lowest BCUT2D eigenvalue weighted by atomic mass is 9.89. The normalized spacial score (nSPS) is 22.3. The molecular weight excluding hydrogens is 426 g/mol. The van der Waals surface area contributed by atoms with Crippen molar-refractivity contribution in [2.45, 2.75) is 50.6 Å². The zero-order chi connectivity index (χ0) is 21.6. The Morgan fingerprint density at radius 3 is 2.42 bits per heavy atom. The predicted molar refractivity (Wildman–Crippen MR) is 133 cm³/mol. The van der Waals surface area contributed by atoms with Crippen LogP contribution >= 0.6 is 23.8 Å². The number of hydrogen-bond donors (Lipinski definition) is 2. The first-order valence-electron chi connectivity index (χ1n) is 11.3. The molecule has 2 N–H and O–H groups in total. The van der Waals surface area contributed by atoms with E-state index in [4.69, 9.17) is 28.6 Å². The van der Waals surface area contributed by atoms with Gasteiger partial charge in [-0.05, 0) is 112 Å². The molecule has 2 aromatic carbocycles. The molecule has 31 heavy (non-hydrogen) atoms. The number of halogens is 1. The van der Waals surface area contributed by atoms with Gasteiger partial charge < -0.3 is 15.4 Å². The fraction of sp³-hybridized carbons (Fsp3) is 0.480.